The van der Waals surface area contributed by atoms with Gasteiger partial charge in [-0.1, -0.05) is 12.1 Å². The highest BCUT2D eigenvalue weighted by atomic mass is 16.5. The lowest BCUT2D eigenvalue weighted by Crippen LogP contribution is -2.27. The summed E-state index contributed by atoms with van der Waals surface area (Å²) < 4.78 is 11.9. The van der Waals surface area contributed by atoms with E-state index in [2.05, 4.69) is 29.4 Å². The fraction of sp³-hybridized carbons (Fsp3) is 0.647. The molecular formula is C17H26N2O2. The van der Waals surface area contributed by atoms with E-state index in [4.69, 9.17) is 9.47 Å². The fourth-order valence-electron chi connectivity index (χ4n) is 3.47. The molecule has 21 heavy (non-hydrogen) atoms. The van der Waals surface area contributed by atoms with Crippen molar-refractivity contribution in [3.8, 4) is 11.5 Å². The fourth-order valence-corrected chi connectivity index (χ4v) is 3.47. The lowest BCUT2D eigenvalue weighted by molar-refractivity contribution is 0.198. The zero-order chi connectivity index (χ0) is 14.7. The van der Waals surface area contributed by atoms with E-state index in [-0.39, 0.29) is 6.10 Å². The summed E-state index contributed by atoms with van der Waals surface area (Å²) in [7, 11) is 3.90. The van der Waals surface area contributed by atoms with Crippen molar-refractivity contribution in [3.63, 3.8) is 0 Å². The maximum atomic E-state index is 6.22. The predicted molar refractivity (Wildman–Crippen MR) is 84.4 cm³/mol. The number of methoxy groups -OCH3 is 1. The first-order chi connectivity index (χ1) is 10.3. The van der Waals surface area contributed by atoms with Crippen LogP contribution in [-0.4, -0.2) is 51.3 Å². The van der Waals surface area contributed by atoms with Crippen molar-refractivity contribution in [2.45, 2.75) is 31.3 Å². The highest BCUT2D eigenvalue weighted by Gasteiger charge is 2.25. The molecule has 0 radical (unpaired) electrons. The van der Waals surface area contributed by atoms with E-state index < -0.39 is 0 Å². The van der Waals surface area contributed by atoms with Gasteiger partial charge in [0.1, 0.15) is 6.10 Å². The Bertz CT molecular complexity index is 472. The van der Waals surface area contributed by atoms with Gasteiger partial charge in [-0.2, -0.15) is 0 Å². The molecule has 2 aliphatic heterocycles. The van der Waals surface area contributed by atoms with Crippen LogP contribution < -0.4 is 14.8 Å². The summed E-state index contributed by atoms with van der Waals surface area (Å²) in [5.41, 5.74) is 1.31. The maximum Gasteiger partial charge on any atom is 0.164 e. The molecule has 0 saturated carbocycles. The SMILES string of the molecule is COc1c(OC2CCN(C)C2)cccc1C1CCNCC1. The van der Waals surface area contributed by atoms with Crippen molar-refractivity contribution in [2.75, 3.05) is 40.3 Å². The van der Waals surface area contributed by atoms with Gasteiger partial charge in [0.25, 0.3) is 0 Å². The van der Waals surface area contributed by atoms with Gasteiger partial charge in [0.15, 0.2) is 11.5 Å². The lowest BCUT2D eigenvalue weighted by atomic mass is 9.89. The van der Waals surface area contributed by atoms with Gasteiger partial charge in [0.05, 0.1) is 7.11 Å². The van der Waals surface area contributed by atoms with Crippen LogP contribution in [0, 0.1) is 0 Å². The highest BCUT2D eigenvalue weighted by Crippen LogP contribution is 2.39. The molecule has 3 rings (SSSR count). The molecule has 1 N–H and O–H groups in total. The molecule has 2 fully saturated rings. The number of hydrogen-bond acceptors (Lipinski definition) is 4. The number of benzene rings is 1. The molecule has 1 aromatic carbocycles. The Labute approximate surface area is 127 Å². The van der Waals surface area contributed by atoms with Crippen LogP contribution in [0.2, 0.25) is 0 Å². The minimum atomic E-state index is 0.284. The number of nitrogens with one attached hydrogen (secondary N) is 1. The van der Waals surface area contributed by atoms with Crippen molar-refractivity contribution < 1.29 is 9.47 Å². The molecule has 116 valence electrons. The summed E-state index contributed by atoms with van der Waals surface area (Å²) in [4.78, 5) is 2.31. The zero-order valence-electron chi connectivity index (χ0n) is 13.1. The van der Waals surface area contributed by atoms with Crippen LogP contribution in [0.3, 0.4) is 0 Å². The normalized spacial score (nSPS) is 24.2. The third kappa shape index (κ3) is 3.33. The van der Waals surface area contributed by atoms with Crippen molar-refractivity contribution in [2.24, 2.45) is 0 Å². The molecule has 1 aromatic rings. The maximum absolute atomic E-state index is 6.22. The average molecular weight is 290 g/mol. The minimum Gasteiger partial charge on any atom is -0.493 e. The quantitative estimate of drug-likeness (QED) is 0.922. The van der Waals surface area contributed by atoms with Gasteiger partial charge in [-0.15, -0.1) is 0 Å². The lowest BCUT2D eigenvalue weighted by Gasteiger charge is -2.26. The molecule has 4 heteroatoms. The van der Waals surface area contributed by atoms with Gasteiger partial charge < -0.3 is 19.7 Å². The number of hydrogen-bond donors (Lipinski definition) is 1. The third-order valence-corrected chi connectivity index (χ3v) is 4.63. The van der Waals surface area contributed by atoms with E-state index in [0.29, 0.717) is 5.92 Å². The van der Waals surface area contributed by atoms with Crippen LogP contribution in [0.15, 0.2) is 18.2 Å². The molecule has 0 aromatic heterocycles. The van der Waals surface area contributed by atoms with Gasteiger partial charge >= 0.3 is 0 Å². The summed E-state index contributed by atoms with van der Waals surface area (Å²) in [6.45, 7) is 4.29. The van der Waals surface area contributed by atoms with Crippen LogP contribution in [0.1, 0.15) is 30.7 Å². The van der Waals surface area contributed by atoms with Crippen LogP contribution in [-0.2, 0) is 0 Å². The summed E-state index contributed by atoms with van der Waals surface area (Å²) in [5.74, 6) is 2.43. The Morgan fingerprint density at radius 3 is 2.67 bits per heavy atom. The Hall–Kier alpha value is -1.26. The average Bonchev–Trinajstić information content (AvgIpc) is 2.93. The van der Waals surface area contributed by atoms with Gasteiger partial charge in [-0.3, -0.25) is 0 Å². The largest absolute Gasteiger partial charge is 0.493 e. The molecule has 2 heterocycles. The van der Waals surface area contributed by atoms with Crippen molar-refractivity contribution in [3.05, 3.63) is 23.8 Å². The molecular weight excluding hydrogens is 264 g/mol. The smallest absolute Gasteiger partial charge is 0.164 e. The van der Waals surface area contributed by atoms with E-state index in [9.17, 15) is 0 Å². The number of likely N-dealkylation sites (N-methyl/N-ethyl adjacent to an activating group) is 1. The molecule has 2 saturated heterocycles. The molecule has 4 nitrogen and oxygen atoms in total. The number of nitrogens with zero attached hydrogens (tertiary/aromatic N) is 1. The molecule has 0 bridgehead atoms. The Balaban J connectivity index is 1.79. The second kappa shape index (κ2) is 6.67. The summed E-state index contributed by atoms with van der Waals surface area (Å²) in [6, 6.07) is 6.35. The summed E-state index contributed by atoms with van der Waals surface area (Å²) in [6.07, 6.45) is 3.72. The number of likely N-dealkylation sites (tertiary alicyclic amines) is 1. The minimum absolute atomic E-state index is 0.284. The van der Waals surface area contributed by atoms with Crippen LogP contribution in [0.5, 0.6) is 11.5 Å². The van der Waals surface area contributed by atoms with Crippen LogP contribution >= 0.6 is 0 Å². The van der Waals surface area contributed by atoms with E-state index in [0.717, 1.165) is 44.1 Å². The van der Waals surface area contributed by atoms with Gasteiger partial charge in [-0.25, -0.2) is 0 Å². The van der Waals surface area contributed by atoms with Crippen molar-refractivity contribution >= 4 is 0 Å². The first kappa shape index (κ1) is 14.7. The van der Waals surface area contributed by atoms with Crippen molar-refractivity contribution in [1.29, 1.82) is 0 Å². The Morgan fingerprint density at radius 1 is 1.19 bits per heavy atom. The van der Waals surface area contributed by atoms with Crippen molar-refractivity contribution in [1.82, 2.24) is 10.2 Å². The van der Waals surface area contributed by atoms with Gasteiger partial charge in [0.2, 0.25) is 0 Å². The number of rotatable bonds is 4. The topological polar surface area (TPSA) is 33.7 Å². The number of para-hydroxylation sites is 1. The third-order valence-electron chi connectivity index (χ3n) is 4.63. The molecule has 0 aliphatic carbocycles. The van der Waals surface area contributed by atoms with Gasteiger partial charge in [0, 0.05) is 18.7 Å². The molecule has 1 unspecified atom stereocenters. The molecule has 0 amide bonds. The summed E-state index contributed by atoms with van der Waals surface area (Å²) in [5, 5.41) is 3.42. The molecule has 1 atom stereocenters. The first-order valence-electron chi connectivity index (χ1n) is 8.00. The Morgan fingerprint density at radius 2 is 2.00 bits per heavy atom. The predicted octanol–water partition coefficient (Wildman–Crippen LogP) is 2.25. The van der Waals surface area contributed by atoms with E-state index >= 15 is 0 Å². The second-order valence-corrected chi connectivity index (χ2v) is 6.19. The van der Waals surface area contributed by atoms with E-state index in [1.54, 1.807) is 7.11 Å². The molecule has 0 spiro atoms. The van der Waals surface area contributed by atoms with Crippen LogP contribution in [0.25, 0.3) is 0 Å². The zero-order valence-corrected chi connectivity index (χ0v) is 13.1. The van der Waals surface area contributed by atoms with Crippen LogP contribution in [0.4, 0.5) is 0 Å². The Kier molecular flexibility index (Phi) is 4.66. The van der Waals surface area contributed by atoms with E-state index in [1.165, 1.54) is 18.4 Å². The summed E-state index contributed by atoms with van der Waals surface area (Å²) >= 11 is 0. The molecule has 2 aliphatic rings. The van der Waals surface area contributed by atoms with Gasteiger partial charge in [-0.05, 0) is 51.4 Å². The standard InChI is InChI=1S/C17H26N2O2/c1-19-11-8-14(12-19)21-16-5-3-4-15(17(16)20-2)13-6-9-18-10-7-13/h3-5,13-14,18H,6-12H2,1-2H3. The number of ether oxygens (including phenoxy) is 2. The highest BCUT2D eigenvalue weighted by molar-refractivity contribution is 5.48. The van der Waals surface area contributed by atoms with E-state index in [1.807, 2.05) is 6.07 Å². The second-order valence-electron chi connectivity index (χ2n) is 6.19. The monoisotopic (exact) mass is 290 g/mol. The number of piperidine rings is 1. The first-order valence-corrected chi connectivity index (χ1v) is 8.00.